The Balaban J connectivity index is 2.33. The average molecular weight is 566 g/mol. The van der Waals surface area contributed by atoms with Crippen LogP contribution in [0.4, 0.5) is 0 Å². The SMILES string of the molecule is O=C(O)c1cc(Cl)c2c3c(Cl)cc(C(=O)O)c4c(C(=O)O)cc(Cl)c(c5c(Cl)cc(C(=O)O)c1c25)c43. The van der Waals surface area contributed by atoms with Gasteiger partial charge in [-0.1, -0.05) is 46.4 Å². The maximum atomic E-state index is 12.1. The number of aromatic carboxylic acids is 4. The van der Waals surface area contributed by atoms with Gasteiger partial charge in [0.25, 0.3) is 0 Å². The molecule has 5 aromatic carbocycles. The van der Waals surface area contributed by atoms with Gasteiger partial charge in [0.15, 0.2) is 0 Å². The van der Waals surface area contributed by atoms with Gasteiger partial charge < -0.3 is 20.4 Å². The summed E-state index contributed by atoms with van der Waals surface area (Å²) in [6.45, 7) is 0. The van der Waals surface area contributed by atoms with Crippen LogP contribution in [-0.2, 0) is 0 Å². The Morgan fingerprint density at radius 3 is 0.750 bits per heavy atom. The quantitative estimate of drug-likeness (QED) is 0.132. The summed E-state index contributed by atoms with van der Waals surface area (Å²) >= 11 is 26.1. The Hall–Kier alpha value is -3.56. The molecule has 36 heavy (non-hydrogen) atoms. The van der Waals surface area contributed by atoms with Gasteiger partial charge in [-0.05, 0) is 24.3 Å². The van der Waals surface area contributed by atoms with Gasteiger partial charge in [0.1, 0.15) is 0 Å². The van der Waals surface area contributed by atoms with Gasteiger partial charge in [-0.25, -0.2) is 19.2 Å². The molecule has 0 spiro atoms. The van der Waals surface area contributed by atoms with Crippen LogP contribution in [-0.4, -0.2) is 44.3 Å². The van der Waals surface area contributed by atoms with Crippen molar-refractivity contribution in [2.45, 2.75) is 0 Å². The van der Waals surface area contributed by atoms with E-state index in [1.165, 1.54) is 0 Å². The highest BCUT2D eigenvalue weighted by Crippen LogP contribution is 2.52. The van der Waals surface area contributed by atoms with E-state index in [1.807, 2.05) is 0 Å². The Morgan fingerprint density at radius 1 is 0.389 bits per heavy atom. The molecule has 0 saturated heterocycles. The molecule has 0 heterocycles. The highest BCUT2D eigenvalue weighted by molar-refractivity contribution is 6.55. The summed E-state index contributed by atoms with van der Waals surface area (Å²) in [5.74, 6) is -5.85. The fourth-order valence-corrected chi connectivity index (χ4v) is 5.99. The standard InChI is InChI=1S/C24H8Cl4O8/c25-9-1-5(21(29)30)13-6(22(31)32)2-11(27)17-18-12(28)4-8(24(35)36)14-7(23(33)34)3-10(26)16(20(14)18)15(9)19(13)17/h1-4H,(H,29,30)(H,31,32)(H,33,34)(H,35,36). The average Bonchev–Trinajstić information content (AvgIpc) is 2.79. The fourth-order valence-electron chi connectivity index (χ4n) is 4.79. The lowest BCUT2D eigenvalue weighted by Gasteiger charge is -2.22. The van der Waals surface area contributed by atoms with Crippen molar-refractivity contribution in [3.8, 4) is 0 Å². The molecule has 12 heteroatoms. The molecule has 0 aliphatic carbocycles. The number of hydrogen-bond donors (Lipinski definition) is 4. The largest absolute Gasteiger partial charge is 0.478 e. The monoisotopic (exact) mass is 564 g/mol. The van der Waals surface area contributed by atoms with Crippen molar-refractivity contribution in [3.63, 3.8) is 0 Å². The normalized spacial score (nSPS) is 11.7. The number of hydrogen-bond acceptors (Lipinski definition) is 4. The highest BCUT2D eigenvalue weighted by atomic mass is 35.5. The molecule has 0 atom stereocenters. The van der Waals surface area contributed by atoms with Gasteiger partial charge in [0, 0.05) is 63.2 Å². The number of rotatable bonds is 4. The van der Waals surface area contributed by atoms with Gasteiger partial charge in [-0.15, -0.1) is 0 Å². The van der Waals surface area contributed by atoms with Crippen molar-refractivity contribution in [1.29, 1.82) is 0 Å². The minimum atomic E-state index is -1.46. The molecular formula is C24H8Cl4O8. The van der Waals surface area contributed by atoms with Gasteiger partial charge in [-0.3, -0.25) is 0 Å². The summed E-state index contributed by atoms with van der Waals surface area (Å²) in [4.78, 5) is 48.4. The lowest BCUT2D eigenvalue weighted by Crippen LogP contribution is -2.08. The highest BCUT2D eigenvalue weighted by Gasteiger charge is 2.30. The van der Waals surface area contributed by atoms with Crippen LogP contribution in [0.2, 0.25) is 20.1 Å². The first kappa shape index (κ1) is 24.1. The molecule has 0 aliphatic rings. The van der Waals surface area contributed by atoms with E-state index in [2.05, 4.69) is 0 Å². The number of carboxylic acids is 4. The van der Waals surface area contributed by atoms with Crippen LogP contribution in [0.1, 0.15) is 41.4 Å². The summed E-state index contributed by atoms with van der Waals surface area (Å²) in [5, 5.41) is 38.6. The second-order valence-electron chi connectivity index (χ2n) is 7.84. The lowest BCUT2D eigenvalue weighted by molar-refractivity contribution is 0.0681. The zero-order chi connectivity index (χ0) is 26.4. The first-order valence-electron chi connectivity index (χ1n) is 9.78. The van der Waals surface area contributed by atoms with E-state index in [-0.39, 0.29) is 63.2 Å². The minimum Gasteiger partial charge on any atom is -0.478 e. The van der Waals surface area contributed by atoms with Gasteiger partial charge >= 0.3 is 23.9 Å². The van der Waals surface area contributed by atoms with Crippen LogP contribution in [0.15, 0.2) is 24.3 Å². The molecule has 4 N–H and O–H groups in total. The smallest absolute Gasteiger partial charge is 0.336 e. The molecule has 5 aromatic rings. The summed E-state index contributed by atoms with van der Waals surface area (Å²) < 4.78 is 0. The maximum Gasteiger partial charge on any atom is 0.336 e. The van der Waals surface area contributed by atoms with Crippen molar-refractivity contribution in [2.75, 3.05) is 0 Å². The second kappa shape index (κ2) is 7.97. The third kappa shape index (κ3) is 3.09. The molecular weight excluding hydrogens is 558 g/mol. The molecule has 0 fully saturated rings. The van der Waals surface area contributed by atoms with E-state index in [9.17, 15) is 39.6 Å². The molecule has 0 saturated carbocycles. The number of carbonyl (C=O) groups is 4. The molecule has 180 valence electrons. The third-order valence-corrected chi connectivity index (χ3v) is 7.23. The van der Waals surface area contributed by atoms with Crippen molar-refractivity contribution >= 4 is 113 Å². The summed E-state index contributed by atoms with van der Waals surface area (Å²) in [7, 11) is 0. The Bertz CT molecular complexity index is 1630. The van der Waals surface area contributed by atoms with E-state index in [4.69, 9.17) is 46.4 Å². The van der Waals surface area contributed by atoms with Crippen molar-refractivity contribution in [1.82, 2.24) is 0 Å². The molecule has 0 radical (unpaired) electrons. The van der Waals surface area contributed by atoms with Crippen LogP contribution in [0.3, 0.4) is 0 Å². The topological polar surface area (TPSA) is 149 Å². The van der Waals surface area contributed by atoms with E-state index in [0.717, 1.165) is 24.3 Å². The molecule has 0 aliphatic heterocycles. The number of carboxylic acid groups (broad SMARTS) is 4. The molecule has 0 unspecified atom stereocenters. The van der Waals surface area contributed by atoms with Crippen molar-refractivity contribution < 1.29 is 39.6 Å². The van der Waals surface area contributed by atoms with E-state index >= 15 is 0 Å². The van der Waals surface area contributed by atoms with Crippen LogP contribution >= 0.6 is 46.4 Å². The zero-order valence-electron chi connectivity index (χ0n) is 17.2. The van der Waals surface area contributed by atoms with Crippen molar-refractivity contribution in [2.24, 2.45) is 0 Å². The number of halogens is 4. The molecule has 0 amide bonds. The van der Waals surface area contributed by atoms with Crippen LogP contribution in [0.5, 0.6) is 0 Å². The summed E-state index contributed by atoms with van der Waals surface area (Å²) in [6.07, 6.45) is 0. The maximum absolute atomic E-state index is 12.1. The molecule has 0 aromatic heterocycles. The Kier molecular flexibility index (Phi) is 5.35. The van der Waals surface area contributed by atoms with Gasteiger partial charge in [0.05, 0.1) is 22.3 Å². The second-order valence-corrected chi connectivity index (χ2v) is 9.47. The van der Waals surface area contributed by atoms with Crippen LogP contribution in [0.25, 0.3) is 43.1 Å². The molecule has 5 rings (SSSR count). The van der Waals surface area contributed by atoms with Crippen LogP contribution < -0.4 is 0 Å². The third-order valence-electron chi connectivity index (χ3n) is 6.04. The fraction of sp³-hybridized carbons (Fsp3) is 0. The first-order valence-corrected chi connectivity index (χ1v) is 11.3. The minimum absolute atomic E-state index is 0.0218. The predicted octanol–water partition coefficient (Wildman–Crippen LogP) is 7.14. The molecule has 8 nitrogen and oxygen atoms in total. The van der Waals surface area contributed by atoms with E-state index in [0.29, 0.717) is 0 Å². The summed E-state index contributed by atoms with van der Waals surface area (Å²) in [6, 6.07) is 4.19. The zero-order valence-corrected chi connectivity index (χ0v) is 20.3. The number of benzene rings is 5. The Labute approximate surface area is 219 Å². The summed E-state index contributed by atoms with van der Waals surface area (Å²) in [5.41, 5.74) is -1.70. The van der Waals surface area contributed by atoms with Crippen LogP contribution in [0, 0.1) is 0 Å². The lowest BCUT2D eigenvalue weighted by atomic mass is 9.84. The van der Waals surface area contributed by atoms with E-state index in [1.54, 1.807) is 0 Å². The van der Waals surface area contributed by atoms with Gasteiger partial charge in [0.2, 0.25) is 0 Å². The van der Waals surface area contributed by atoms with Gasteiger partial charge in [-0.2, -0.15) is 0 Å². The predicted molar refractivity (Wildman–Crippen MR) is 136 cm³/mol. The number of fused-ring (bicyclic) bond motifs is 2. The Morgan fingerprint density at radius 2 is 0.583 bits per heavy atom. The van der Waals surface area contributed by atoms with E-state index < -0.39 is 46.1 Å². The van der Waals surface area contributed by atoms with Crippen molar-refractivity contribution in [3.05, 3.63) is 66.6 Å². The first-order chi connectivity index (χ1) is 16.9. The molecule has 0 bridgehead atoms.